The second-order valence-electron chi connectivity index (χ2n) is 11.5. The quantitative estimate of drug-likeness (QED) is 0.166. The van der Waals surface area contributed by atoms with Gasteiger partial charge in [0, 0.05) is 28.8 Å². The Morgan fingerprint density at radius 2 is 1.49 bits per heavy atom. The van der Waals surface area contributed by atoms with Gasteiger partial charge < -0.3 is 14.4 Å². The molecule has 0 saturated carbocycles. The molecule has 1 N–H and O–H groups in total. The zero-order valence-electron chi connectivity index (χ0n) is 25.1. The van der Waals surface area contributed by atoms with E-state index in [1.165, 1.54) is 4.90 Å². The number of carboxylic acid groups (broad SMARTS) is 1. The van der Waals surface area contributed by atoms with Gasteiger partial charge in [0.15, 0.2) is 5.76 Å². The Morgan fingerprint density at radius 3 is 2.20 bits per heavy atom. The Bertz CT molecular complexity index is 1720. The molecular formula is C39H36N2O4. The molecule has 0 radical (unpaired) electrons. The van der Waals surface area contributed by atoms with Gasteiger partial charge in [0.25, 0.3) is 5.91 Å². The molecule has 0 aliphatic heterocycles. The minimum Gasteiger partial charge on any atom is -0.480 e. The molecule has 4 aromatic carbocycles. The molecule has 226 valence electrons. The Morgan fingerprint density at radius 1 is 0.822 bits per heavy atom. The highest BCUT2D eigenvalue weighted by Gasteiger charge is 2.27. The van der Waals surface area contributed by atoms with Gasteiger partial charge in [0.05, 0.1) is 0 Å². The van der Waals surface area contributed by atoms with E-state index in [1.54, 1.807) is 6.07 Å². The van der Waals surface area contributed by atoms with Crippen LogP contribution in [0.3, 0.4) is 0 Å². The number of amides is 1. The monoisotopic (exact) mass is 596 g/mol. The predicted molar refractivity (Wildman–Crippen MR) is 177 cm³/mol. The van der Waals surface area contributed by atoms with Crippen LogP contribution in [0.25, 0.3) is 28.2 Å². The van der Waals surface area contributed by atoms with Crippen LogP contribution in [0.2, 0.25) is 0 Å². The second-order valence-corrected chi connectivity index (χ2v) is 11.5. The summed E-state index contributed by atoms with van der Waals surface area (Å²) in [6.07, 6.45) is 6.56. The van der Waals surface area contributed by atoms with Crippen LogP contribution in [0.1, 0.15) is 46.6 Å². The Kier molecular flexibility index (Phi) is 9.30. The minimum atomic E-state index is -1.03. The highest BCUT2D eigenvalue weighted by molar-refractivity contribution is 5.96. The van der Waals surface area contributed by atoms with Crippen molar-refractivity contribution in [3.63, 3.8) is 0 Å². The summed E-state index contributed by atoms with van der Waals surface area (Å²) in [7, 11) is 0. The van der Waals surface area contributed by atoms with Gasteiger partial charge in [-0.15, -0.1) is 0 Å². The fraction of sp³-hybridized carbons (Fsp3) is 0.205. The molecule has 5 aromatic rings. The molecule has 6 rings (SSSR count). The van der Waals surface area contributed by atoms with E-state index < -0.39 is 5.97 Å². The van der Waals surface area contributed by atoms with Crippen LogP contribution in [-0.4, -0.2) is 40.0 Å². The Labute approximate surface area is 263 Å². The number of hydrogen-bond donors (Lipinski definition) is 1. The summed E-state index contributed by atoms with van der Waals surface area (Å²) >= 11 is 0. The maximum atomic E-state index is 13.6. The lowest BCUT2D eigenvalue weighted by molar-refractivity contribution is -0.137. The molecule has 45 heavy (non-hydrogen) atoms. The number of carboxylic acids is 1. The lowest BCUT2D eigenvalue weighted by Crippen LogP contribution is -2.37. The van der Waals surface area contributed by atoms with E-state index in [-0.39, 0.29) is 18.4 Å². The van der Waals surface area contributed by atoms with Crippen LogP contribution in [0.4, 0.5) is 0 Å². The third-order valence-electron chi connectivity index (χ3n) is 8.30. The summed E-state index contributed by atoms with van der Waals surface area (Å²) in [5, 5.41) is 9.54. The second kappa shape index (κ2) is 14.0. The summed E-state index contributed by atoms with van der Waals surface area (Å²) in [6.45, 7) is -0.0182. The summed E-state index contributed by atoms with van der Waals surface area (Å²) in [4.78, 5) is 31.7. The predicted octanol–water partition coefficient (Wildman–Crippen LogP) is 8.20. The molecule has 0 fully saturated rings. The van der Waals surface area contributed by atoms with Crippen molar-refractivity contribution in [2.45, 2.75) is 32.1 Å². The number of rotatable bonds is 11. The number of carbonyl (C=O) groups excluding carboxylic acids is 1. The molecule has 0 spiro atoms. The van der Waals surface area contributed by atoms with Crippen molar-refractivity contribution in [3.05, 3.63) is 144 Å². The fourth-order valence-corrected chi connectivity index (χ4v) is 6.06. The average Bonchev–Trinajstić information content (AvgIpc) is 3.53. The molecule has 1 aliphatic rings. The number of nitrogens with zero attached hydrogens (tertiary/aromatic N) is 2. The highest BCUT2D eigenvalue weighted by atomic mass is 16.4. The number of oxazole rings is 1. The van der Waals surface area contributed by atoms with Crippen molar-refractivity contribution >= 4 is 17.4 Å². The van der Waals surface area contributed by atoms with Gasteiger partial charge in [-0.25, -0.2) is 4.98 Å². The van der Waals surface area contributed by atoms with Crippen molar-refractivity contribution in [2.24, 2.45) is 5.92 Å². The van der Waals surface area contributed by atoms with Gasteiger partial charge in [-0.1, -0.05) is 109 Å². The lowest BCUT2D eigenvalue weighted by Gasteiger charge is -2.23. The first kappa shape index (κ1) is 29.8. The van der Waals surface area contributed by atoms with Crippen LogP contribution in [-0.2, 0) is 17.6 Å². The van der Waals surface area contributed by atoms with E-state index in [1.807, 2.05) is 97.1 Å². The van der Waals surface area contributed by atoms with Crippen molar-refractivity contribution in [3.8, 4) is 22.6 Å². The first-order valence-electron chi connectivity index (χ1n) is 15.5. The molecule has 1 atom stereocenters. The van der Waals surface area contributed by atoms with Crippen LogP contribution in [0.5, 0.6) is 0 Å². The van der Waals surface area contributed by atoms with E-state index in [0.717, 1.165) is 65.0 Å². The van der Waals surface area contributed by atoms with E-state index in [9.17, 15) is 14.7 Å². The van der Waals surface area contributed by atoms with Crippen molar-refractivity contribution in [1.82, 2.24) is 9.88 Å². The number of aromatic nitrogens is 1. The number of allylic oxidation sites excluding steroid dienone is 2. The molecule has 0 bridgehead atoms. The number of benzene rings is 4. The highest BCUT2D eigenvalue weighted by Crippen LogP contribution is 2.40. The number of hydrogen-bond acceptors (Lipinski definition) is 4. The average molecular weight is 597 g/mol. The van der Waals surface area contributed by atoms with Crippen LogP contribution >= 0.6 is 0 Å². The largest absolute Gasteiger partial charge is 0.480 e. The van der Waals surface area contributed by atoms with E-state index in [0.29, 0.717) is 24.4 Å². The number of aliphatic carboxylic acids is 1. The maximum absolute atomic E-state index is 13.6. The molecular weight excluding hydrogens is 560 g/mol. The molecule has 1 aliphatic carbocycles. The summed E-state index contributed by atoms with van der Waals surface area (Å²) in [6, 6.07) is 37.6. The van der Waals surface area contributed by atoms with Crippen LogP contribution < -0.4 is 0 Å². The van der Waals surface area contributed by atoms with E-state index in [4.69, 9.17) is 9.40 Å². The van der Waals surface area contributed by atoms with Gasteiger partial charge in [0.1, 0.15) is 12.2 Å². The smallest absolute Gasteiger partial charge is 0.323 e. The molecule has 1 heterocycles. The van der Waals surface area contributed by atoms with Crippen LogP contribution in [0.15, 0.2) is 126 Å². The lowest BCUT2D eigenvalue weighted by atomic mass is 9.83. The third kappa shape index (κ3) is 7.29. The van der Waals surface area contributed by atoms with Gasteiger partial charge in [-0.2, -0.15) is 0 Å². The first-order valence-corrected chi connectivity index (χ1v) is 15.5. The Hall–Kier alpha value is -5.23. The van der Waals surface area contributed by atoms with Gasteiger partial charge in [-0.05, 0) is 61.3 Å². The van der Waals surface area contributed by atoms with Crippen molar-refractivity contribution < 1.29 is 19.1 Å². The third-order valence-corrected chi connectivity index (χ3v) is 8.30. The summed E-state index contributed by atoms with van der Waals surface area (Å²) in [5.74, 6) is 0.257. The van der Waals surface area contributed by atoms with Gasteiger partial charge >= 0.3 is 5.97 Å². The molecule has 1 amide bonds. The van der Waals surface area contributed by atoms with Gasteiger partial charge in [0.2, 0.25) is 5.89 Å². The van der Waals surface area contributed by atoms with Crippen molar-refractivity contribution in [1.29, 1.82) is 0 Å². The fourth-order valence-electron chi connectivity index (χ4n) is 6.06. The Balaban J connectivity index is 1.25. The topological polar surface area (TPSA) is 83.6 Å². The van der Waals surface area contributed by atoms with Crippen molar-refractivity contribution in [2.75, 3.05) is 13.1 Å². The van der Waals surface area contributed by atoms with E-state index >= 15 is 0 Å². The summed E-state index contributed by atoms with van der Waals surface area (Å²) < 4.78 is 6.56. The summed E-state index contributed by atoms with van der Waals surface area (Å²) in [5.41, 5.74) is 6.48. The molecule has 1 aromatic heterocycles. The van der Waals surface area contributed by atoms with Crippen LogP contribution in [0, 0.1) is 5.92 Å². The molecule has 0 saturated heterocycles. The van der Waals surface area contributed by atoms with Gasteiger partial charge in [-0.3, -0.25) is 9.59 Å². The molecule has 1 unspecified atom stereocenters. The maximum Gasteiger partial charge on any atom is 0.323 e. The molecule has 6 nitrogen and oxygen atoms in total. The number of carbonyl (C=O) groups is 2. The normalized spacial score (nSPS) is 14.5. The SMILES string of the molecule is O=C(O)CN(CCc1ccccc1)C(=O)c1cccc(CC2CCCC=C2c2nc(-c3ccccc3)c(-c3ccccc3)o2)c1. The molecule has 6 heteroatoms. The first-order chi connectivity index (χ1) is 22.0. The zero-order valence-corrected chi connectivity index (χ0v) is 25.1. The standard InChI is InChI=1S/C39H36N2O4/c42-35(43)27-41(24-23-28-13-4-1-5-14-28)39(44)33-21-12-15-29(26-33)25-32-20-10-11-22-34(32)38-40-36(30-16-6-2-7-17-30)37(45-38)31-18-8-3-9-19-31/h1-9,12-19,21-22,26,32H,10-11,20,23-25,27H2,(H,42,43). The zero-order chi connectivity index (χ0) is 31.0. The minimum absolute atomic E-state index is 0.170. The van der Waals surface area contributed by atoms with E-state index in [2.05, 4.69) is 18.2 Å².